The Kier molecular flexibility index (Phi) is 4.58. The Balaban J connectivity index is 1.31. The lowest BCUT2D eigenvalue weighted by Gasteiger charge is -2.35. The molecule has 5 unspecified atom stereocenters. The summed E-state index contributed by atoms with van der Waals surface area (Å²) < 4.78 is 1.81. The Morgan fingerprint density at radius 1 is 1.32 bits per heavy atom. The number of carbonyl (C=O) groups is 1. The van der Waals surface area contributed by atoms with Crippen molar-refractivity contribution >= 4 is 11.7 Å². The Hall–Kier alpha value is -1.76. The predicted octanol–water partition coefficient (Wildman–Crippen LogP) is 1.10. The van der Waals surface area contributed by atoms with E-state index in [0.29, 0.717) is 11.8 Å². The fraction of sp³-hybridized carbons (Fsp3) is 0.778. The number of fused-ring (bicyclic) bond motifs is 2. The van der Waals surface area contributed by atoms with Gasteiger partial charge in [0, 0.05) is 50.9 Å². The molecule has 1 aromatic rings. The molecule has 0 radical (unpaired) electrons. The van der Waals surface area contributed by atoms with Crippen LogP contribution in [0.3, 0.4) is 0 Å². The van der Waals surface area contributed by atoms with Crippen LogP contribution in [0.2, 0.25) is 0 Å². The first-order chi connectivity index (χ1) is 12.1. The van der Waals surface area contributed by atoms with Crippen molar-refractivity contribution < 1.29 is 9.90 Å². The number of urea groups is 1. The minimum Gasteiger partial charge on any atom is -0.396 e. The van der Waals surface area contributed by atoms with Gasteiger partial charge in [-0.1, -0.05) is 0 Å². The second-order valence-corrected chi connectivity index (χ2v) is 7.98. The highest BCUT2D eigenvalue weighted by Crippen LogP contribution is 2.48. The van der Waals surface area contributed by atoms with Crippen molar-refractivity contribution in [1.29, 1.82) is 0 Å². The Morgan fingerprint density at radius 2 is 2.16 bits per heavy atom. The lowest BCUT2D eigenvalue weighted by Crippen LogP contribution is -2.54. The van der Waals surface area contributed by atoms with Crippen LogP contribution in [-0.4, -0.2) is 52.7 Å². The zero-order chi connectivity index (χ0) is 17.4. The molecule has 7 nitrogen and oxygen atoms in total. The van der Waals surface area contributed by atoms with E-state index in [-0.39, 0.29) is 30.6 Å². The van der Waals surface area contributed by atoms with Crippen LogP contribution in [0.4, 0.5) is 10.5 Å². The molecule has 1 saturated heterocycles. The molecular weight excluding hydrogens is 318 g/mol. The first-order valence-electron chi connectivity index (χ1n) is 9.55. The van der Waals surface area contributed by atoms with E-state index >= 15 is 0 Å². The van der Waals surface area contributed by atoms with E-state index in [1.54, 1.807) is 0 Å². The smallest absolute Gasteiger partial charge is 0.315 e. The zero-order valence-corrected chi connectivity index (χ0v) is 14.9. The number of hydrogen-bond acceptors (Lipinski definition) is 4. The third kappa shape index (κ3) is 3.34. The fourth-order valence-electron chi connectivity index (χ4n) is 5.18. The van der Waals surface area contributed by atoms with Crippen LogP contribution in [0.25, 0.3) is 0 Å². The normalized spacial score (nSPS) is 34.3. The van der Waals surface area contributed by atoms with E-state index in [0.717, 1.165) is 38.0 Å². The molecule has 138 valence electrons. The molecular formula is C18H29N5O2. The molecule has 3 fully saturated rings. The number of rotatable bonds is 4. The van der Waals surface area contributed by atoms with Gasteiger partial charge in [0.25, 0.3) is 0 Å². The molecule has 2 saturated carbocycles. The van der Waals surface area contributed by atoms with Gasteiger partial charge in [0.15, 0.2) is 0 Å². The lowest BCUT2D eigenvalue weighted by molar-refractivity contribution is 0.143. The monoisotopic (exact) mass is 347 g/mol. The summed E-state index contributed by atoms with van der Waals surface area (Å²) in [5.41, 5.74) is 1.11. The Bertz CT molecular complexity index is 618. The molecule has 2 heterocycles. The van der Waals surface area contributed by atoms with E-state index in [1.165, 1.54) is 12.8 Å². The SMILES string of the molecule is Cn1cc(N2CCCC(NC(=O)NC3C4CCC(C4)C3CO)C2)cn1. The summed E-state index contributed by atoms with van der Waals surface area (Å²) in [6, 6.07) is 0.218. The third-order valence-corrected chi connectivity index (χ3v) is 6.41. The van der Waals surface area contributed by atoms with Gasteiger partial charge >= 0.3 is 6.03 Å². The maximum Gasteiger partial charge on any atom is 0.315 e. The maximum atomic E-state index is 12.5. The number of amides is 2. The molecule has 7 heteroatoms. The highest BCUT2D eigenvalue weighted by atomic mass is 16.3. The third-order valence-electron chi connectivity index (χ3n) is 6.41. The van der Waals surface area contributed by atoms with Crippen LogP contribution in [0.5, 0.6) is 0 Å². The Morgan fingerprint density at radius 3 is 2.92 bits per heavy atom. The average Bonchev–Trinajstić information content (AvgIpc) is 3.31. The van der Waals surface area contributed by atoms with E-state index in [2.05, 4.69) is 20.6 Å². The molecule has 1 aliphatic heterocycles. The van der Waals surface area contributed by atoms with Gasteiger partial charge in [-0.3, -0.25) is 4.68 Å². The minimum absolute atomic E-state index is 0.0750. The first kappa shape index (κ1) is 16.7. The summed E-state index contributed by atoms with van der Waals surface area (Å²) in [6.45, 7) is 2.01. The summed E-state index contributed by atoms with van der Waals surface area (Å²) >= 11 is 0. The largest absolute Gasteiger partial charge is 0.396 e. The van der Waals surface area contributed by atoms with Gasteiger partial charge in [0.05, 0.1) is 11.9 Å². The Labute approximate surface area is 148 Å². The van der Waals surface area contributed by atoms with Crippen molar-refractivity contribution in [2.45, 2.75) is 44.2 Å². The van der Waals surface area contributed by atoms with Crippen molar-refractivity contribution in [3.05, 3.63) is 12.4 Å². The number of aliphatic hydroxyl groups is 1. The highest BCUT2D eigenvalue weighted by Gasteiger charge is 2.47. The van der Waals surface area contributed by atoms with Gasteiger partial charge in [0.2, 0.25) is 0 Å². The molecule has 0 spiro atoms. The van der Waals surface area contributed by atoms with Crippen molar-refractivity contribution in [2.75, 3.05) is 24.6 Å². The number of nitrogens with one attached hydrogen (secondary N) is 2. The number of aryl methyl sites for hydroxylation is 1. The van der Waals surface area contributed by atoms with Crippen molar-refractivity contribution in [3.63, 3.8) is 0 Å². The molecule has 0 aromatic carbocycles. The van der Waals surface area contributed by atoms with Crippen LogP contribution >= 0.6 is 0 Å². The van der Waals surface area contributed by atoms with Crippen LogP contribution in [-0.2, 0) is 7.05 Å². The summed E-state index contributed by atoms with van der Waals surface area (Å²) in [5, 5.41) is 20.2. The second-order valence-electron chi connectivity index (χ2n) is 7.98. The zero-order valence-electron chi connectivity index (χ0n) is 14.9. The van der Waals surface area contributed by atoms with E-state index < -0.39 is 0 Å². The molecule has 3 N–H and O–H groups in total. The number of nitrogens with zero attached hydrogens (tertiary/aromatic N) is 3. The molecule has 4 rings (SSSR count). The minimum atomic E-state index is -0.0750. The quantitative estimate of drug-likeness (QED) is 0.762. The standard InChI is InChI=1S/C18H29N5O2/c1-22-10-15(8-19-22)23-6-2-3-14(9-23)20-18(25)21-17-13-5-4-12(7-13)16(17)11-24/h8,10,12-14,16-17,24H,2-7,9,11H2,1H3,(H2,20,21,25). The topological polar surface area (TPSA) is 82.4 Å². The summed E-state index contributed by atoms with van der Waals surface area (Å²) in [6.07, 6.45) is 9.52. The predicted molar refractivity (Wildman–Crippen MR) is 95.3 cm³/mol. The van der Waals surface area contributed by atoms with Crippen molar-refractivity contribution in [2.24, 2.45) is 24.8 Å². The van der Waals surface area contributed by atoms with Crippen molar-refractivity contribution in [3.8, 4) is 0 Å². The summed E-state index contributed by atoms with van der Waals surface area (Å²) in [5.74, 6) is 1.38. The van der Waals surface area contributed by atoms with Gasteiger partial charge < -0.3 is 20.6 Å². The van der Waals surface area contributed by atoms with Crippen LogP contribution < -0.4 is 15.5 Å². The van der Waals surface area contributed by atoms with Gasteiger partial charge in [-0.15, -0.1) is 0 Å². The van der Waals surface area contributed by atoms with E-state index in [9.17, 15) is 9.90 Å². The van der Waals surface area contributed by atoms with Gasteiger partial charge in [-0.05, 0) is 43.9 Å². The van der Waals surface area contributed by atoms with Gasteiger partial charge in [0.1, 0.15) is 0 Å². The van der Waals surface area contributed by atoms with E-state index in [1.807, 2.05) is 24.1 Å². The lowest BCUT2D eigenvalue weighted by atomic mass is 9.85. The number of anilines is 1. The van der Waals surface area contributed by atoms with Crippen LogP contribution in [0.1, 0.15) is 32.1 Å². The van der Waals surface area contributed by atoms with Gasteiger partial charge in [-0.2, -0.15) is 5.10 Å². The van der Waals surface area contributed by atoms with Crippen LogP contribution in [0.15, 0.2) is 12.4 Å². The average molecular weight is 347 g/mol. The summed E-state index contributed by atoms with van der Waals surface area (Å²) in [7, 11) is 1.92. The summed E-state index contributed by atoms with van der Waals surface area (Å²) in [4.78, 5) is 14.8. The molecule has 25 heavy (non-hydrogen) atoms. The van der Waals surface area contributed by atoms with Crippen LogP contribution in [0, 0.1) is 17.8 Å². The number of piperidine rings is 1. The van der Waals surface area contributed by atoms with Gasteiger partial charge in [-0.25, -0.2) is 4.79 Å². The number of carbonyl (C=O) groups excluding carboxylic acids is 1. The van der Waals surface area contributed by atoms with E-state index in [4.69, 9.17) is 0 Å². The molecule has 1 aromatic heterocycles. The second kappa shape index (κ2) is 6.86. The molecule has 2 aliphatic carbocycles. The number of aromatic nitrogens is 2. The molecule has 2 amide bonds. The number of hydrogen-bond donors (Lipinski definition) is 3. The number of aliphatic hydroxyl groups excluding tert-OH is 1. The highest BCUT2D eigenvalue weighted by molar-refractivity contribution is 5.75. The first-order valence-corrected chi connectivity index (χ1v) is 9.55. The molecule has 2 bridgehead atoms. The molecule has 3 aliphatic rings. The maximum absolute atomic E-state index is 12.5. The fourth-order valence-corrected chi connectivity index (χ4v) is 5.18. The molecule has 5 atom stereocenters. The van der Waals surface area contributed by atoms with Crippen molar-refractivity contribution in [1.82, 2.24) is 20.4 Å².